The Bertz CT molecular complexity index is 841. The van der Waals surface area contributed by atoms with Crippen molar-refractivity contribution >= 4 is 5.78 Å². The summed E-state index contributed by atoms with van der Waals surface area (Å²) in [5.41, 5.74) is 1.73. The second-order valence-corrected chi connectivity index (χ2v) is 6.91. The zero-order chi connectivity index (χ0) is 18.5. The Labute approximate surface area is 148 Å². The normalized spacial score (nSPS) is 30.6. The van der Waals surface area contributed by atoms with E-state index in [0.717, 1.165) is 11.1 Å². The minimum Gasteiger partial charge on any atom is -0.362 e. The van der Waals surface area contributed by atoms with Gasteiger partial charge < -0.3 is 5.32 Å². The van der Waals surface area contributed by atoms with E-state index in [1.54, 1.807) is 6.20 Å². The first kappa shape index (κ1) is 17.0. The summed E-state index contributed by atoms with van der Waals surface area (Å²) in [5.74, 6) is -2.10. The Hall–Kier alpha value is -2.44. The molecule has 2 aliphatic heterocycles. The molecule has 136 valence electrons. The largest absolute Gasteiger partial charge is 0.392 e. The van der Waals surface area contributed by atoms with Gasteiger partial charge in [0, 0.05) is 23.3 Å². The third-order valence-electron chi connectivity index (χ3n) is 5.63. The Balaban J connectivity index is 1.93. The van der Waals surface area contributed by atoms with E-state index in [4.69, 9.17) is 0 Å². The van der Waals surface area contributed by atoms with Crippen LogP contribution in [0.2, 0.25) is 0 Å². The number of fused-ring (bicyclic) bond motifs is 1. The molecular formula is C19H18F3N3O. The zero-order valence-electron chi connectivity index (χ0n) is 14.2. The summed E-state index contributed by atoms with van der Waals surface area (Å²) in [6, 6.07) is 9.46. The zero-order valence-corrected chi connectivity index (χ0v) is 14.2. The van der Waals surface area contributed by atoms with Crippen LogP contribution in [0.5, 0.6) is 0 Å². The van der Waals surface area contributed by atoms with Gasteiger partial charge in [-0.25, -0.2) is 0 Å². The van der Waals surface area contributed by atoms with Gasteiger partial charge in [0.05, 0.1) is 17.5 Å². The molecule has 26 heavy (non-hydrogen) atoms. The number of rotatable bonds is 2. The lowest BCUT2D eigenvalue weighted by Crippen LogP contribution is -2.51. The minimum atomic E-state index is -4.40. The standard InChI is InChI=1S/C19H18F3N3O/c1-2-18(11-6-4-3-5-7-11)13-10-23-25-17(13)24-14-8-12(19(20,21)22)9-15(26)16(14)18/h3-7,10,12,17,24H,2,8-9H2,1H3/t12-,17?,18-/m1/s1. The van der Waals surface area contributed by atoms with Crippen LogP contribution in [0.3, 0.4) is 0 Å². The van der Waals surface area contributed by atoms with Crippen molar-refractivity contribution in [1.29, 1.82) is 0 Å². The average molecular weight is 361 g/mol. The van der Waals surface area contributed by atoms with E-state index in [-0.39, 0.29) is 6.42 Å². The molecule has 2 heterocycles. The lowest BCUT2D eigenvalue weighted by molar-refractivity contribution is -0.179. The summed E-state index contributed by atoms with van der Waals surface area (Å²) in [6.07, 6.45) is -3.46. The molecule has 1 unspecified atom stereocenters. The van der Waals surface area contributed by atoms with E-state index < -0.39 is 35.9 Å². The molecule has 0 radical (unpaired) electrons. The van der Waals surface area contributed by atoms with Gasteiger partial charge >= 0.3 is 6.18 Å². The van der Waals surface area contributed by atoms with Gasteiger partial charge in [0.1, 0.15) is 0 Å². The van der Waals surface area contributed by atoms with Crippen molar-refractivity contribution in [2.45, 2.75) is 43.9 Å². The Morgan fingerprint density at radius 1 is 1.23 bits per heavy atom. The first-order valence-corrected chi connectivity index (χ1v) is 8.64. The summed E-state index contributed by atoms with van der Waals surface area (Å²) in [4.78, 5) is 12.9. The van der Waals surface area contributed by atoms with Crippen molar-refractivity contribution in [3.63, 3.8) is 0 Å². The Kier molecular flexibility index (Phi) is 3.78. The van der Waals surface area contributed by atoms with Crippen LogP contribution in [0, 0.1) is 5.92 Å². The quantitative estimate of drug-likeness (QED) is 0.848. The van der Waals surface area contributed by atoms with Gasteiger partial charge in [-0.1, -0.05) is 37.3 Å². The molecular weight excluding hydrogens is 343 g/mol. The summed E-state index contributed by atoms with van der Waals surface area (Å²) >= 11 is 0. The molecule has 0 saturated heterocycles. The van der Waals surface area contributed by atoms with E-state index in [2.05, 4.69) is 15.5 Å². The van der Waals surface area contributed by atoms with Crippen LogP contribution in [0.25, 0.3) is 0 Å². The molecule has 0 bridgehead atoms. The lowest BCUT2D eigenvalue weighted by atomic mass is 9.60. The number of azo groups is 1. The van der Waals surface area contributed by atoms with E-state index >= 15 is 0 Å². The number of Topliss-reactive ketones (excluding diaryl/α,β-unsaturated/α-hetero) is 1. The second kappa shape index (κ2) is 5.79. The number of ketones is 1. The number of allylic oxidation sites excluding steroid dienone is 2. The van der Waals surface area contributed by atoms with Gasteiger partial charge in [-0.15, -0.1) is 0 Å². The van der Waals surface area contributed by atoms with Gasteiger partial charge in [-0.05, 0) is 18.4 Å². The monoisotopic (exact) mass is 361 g/mol. The molecule has 0 aromatic heterocycles. The summed E-state index contributed by atoms with van der Waals surface area (Å²) in [6.45, 7) is 1.95. The van der Waals surface area contributed by atoms with E-state index in [0.29, 0.717) is 17.7 Å². The van der Waals surface area contributed by atoms with Gasteiger partial charge in [0.25, 0.3) is 0 Å². The molecule has 0 spiro atoms. The maximum absolute atomic E-state index is 13.3. The van der Waals surface area contributed by atoms with E-state index in [1.165, 1.54) is 0 Å². The third-order valence-corrected chi connectivity index (χ3v) is 5.63. The predicted molar refractivity (Wildman–Crippen MR) is 89.1 cm³/mol. The highest BCUT2D eigenvalue weighted by Crippen LogP contribution is 2.53. The van der Waals surface area contributed by atoms with Crippen molar-refractivity contribution in [3.8, 4) is 0 Å². The molecule has 0 saturated carbocycles. The highest BCUT2D eigenvalue weighted by Gasteiger charge is 2.54. The summed E-state index contributed by atoms with van der Waals surface area (Å²) in [5, 5.41) is 11.2. The second-order valence-electron chi connectivity index (χ2n) is 6.91. The van der Waals surface area contributed by atoms with Gasteiger partial charge in [0.2, 0.25) is 0 Å². The molecule has 4 nitrogen and oxygen atoms in total. The van der Waals surface area contributed by atoms with Crippen LogP contribution < -0.4 is 5.32 Å². The smallest absolute Gasteiger partial charge is 0.362 e. The number of nitrogens with one attached hydrogen (secondary N) is 1. The maximum Gasteiger partial charge on any atom is 0.392 e. The van der Waals surface area contributed by atoms with Crippen molar-refractivity contribution < 1.29 is 18.0 Å². The number of nitrogens with zero attached hydrogens (tertiary/aromatic N) is 2. The minimum absolute atomic E-state index is 0.224. The number of carbonyl (C=O) groups excluding carboxylic acids is 1. The summed E-state index contributed by atoms with van der Waals surface area (Å²) in [7, 11) is 0. The van der Waals surface area contributed by atoms with Crippen LogP contribution in [0.15, 0.2) is 63.6 Å². The number of benzene rings is 1. The molecule has 0 amide bonds. The van der Waals surface area contributed by atoms with Gasteiger partial charge in [-0.2, -0.15) is 23.4 Å². The van der Waals surface area contributed by atoms with Crippen molar-refractivity contribution in [1.82, 2.24) is 5.32 Å². The fourth-order valence-corrected chi connectivity index (χ4v) is 4.45. The molecule has 7 heteroatoms. The van der Waals surface area contributed by atoms with Crippen molar-refractivity contribution in [2.75, 3.05) is 0 Å². The van der Waals surface area contributed by atoms with Gasteiger partial charge in [0.15, 0.2) is 11.9 Å². The van der Waals surface area contributed by atoms with Crippen LogP contribution in [-0.4, -0.2) is 18.1 Å². The fraction of sp³-hybridized carbons (Fsp3) is 0.421. The molecule has 3 atom stereocenters. The number of hydrogen-bond donors (Lipinski definition) is 1. The molecule has 1 aliphatic carbocycles. The van der Waals surface area contributed by atoms with Crippen LogP contribution >= 0.6 is 0 Å². The van der Waals surface area contributed by atoms with Crippen LogP contribution in [0.1, 0.15) is 31.7 Å². The lowest BCUT2D eigenvalue weighted by Gasteiger charge is -2.46. The number of carbonyl (C=O) groups is 1. The van der Waals surface area contributed by atoms with Crippen LogP contribution in [-0.2, 0) is 10.2 Å². The predicted octanol–water partition coefficient (Wildman–Crippen LogP) is 4.41. The Morgan fingerprint density at radius 3 is 2.62 bits per heavy atom. The van der Waals surface area contributed by atoms with Gasteiger partial charge in [-0.3, -0.25) is 4.79 Å². The highest BCUT2D eigenvalue weighted by molar-refractivity contribution is 6.01. The van der Waals surface area contributed by atoms with E-state index in [1.807, 2.05) is 37.3 Å². The first-order chi connectivity index (χ1) is 12.4. The number of alkyl halides is 3. The first-order valence-electron chi connectivity index (χ1n) is 8.64. The van der Waals surface area contributed by atoms with Crippen molar-refractivity contribution in [2.24, 2.45) is 16.1 Å². The highest BCUT2D eigenvalue weighted by atomic mass is 19.4. The molecule has 4 rings (SSSR count). The molecule has 0 fully saturated rings. The number of hydrogen-bond acceptors (Lipinski definition) is 4. The Morgan fingerprint density at radius 2 is 1.96 bits per heavy atom. The molecule has 3 aliphatic rings. The number of halogens is 3. The topological polar surface area (TPSA) is 53.8 Å². The fourth-order valence-electron chi connectivity index (χ4n) is 4.45. The van der Waals surface area contributed by atoms with E-state index in [9.17, 15) is 18.0 Å². The molecule has 1 aromatic rings. The average Bonchev–Trinajstić information content (AvgIpc) is 3.08. The molecule has 1 aromatic carbocycles. The van der Waals surface area contributed by atoms with Crippen molar-refractivity contribution in [3.05, 3.63) is 58.9 Å². The molecule has 1 N–H and O–H groups in total. The summed E-state index contributed by atoms with van der Waals surface area (Å²) < 4.78 is 39.8. The third kappa shape index (κ3) is 2.33. The maximum atomic E-state index is 13.3. The van der Waals surface area contributed by atoms with Crippen LogP contribution in [0.4, 0.5) is 13.2 Å². The SMILES string of the molecule is CC[C@@]1(c2ccccc2)C2=CN=NC2NC2=C1C(=O)C[C@H](C(F)(F)F)C2.